The van der Waals surface area contributed by atoms with Gasteiger partial charge in [-0.15, -0.1) is 5.10 Å². The van der Waals surface area contributed by atoms with E-state index in [2.05, 4.69) is 10.4 Å². The maximum atomic E-state index is 11.8. The Balaban J connectivity index is 2.37. The molecule has 106 valence electrons. The lowest BCUT2D eigenvalue weighted by atomic mass is 10.1. The molecule has 6 heteroatoms. The quantitative estimate of drug-likeness (QED) is 0.862. The SMILES string of the molecule is CC(=O)NC1=NN(C(C)=O)[C@@](C)(c2ccc(C)cc2)S1. The zero-order valence-corrected chi connectivity index (χ0v) is 12.7. The number of hydrazone groups is 1. The van der Waals surface area contributed by atoms with Crippen molar-refractivity contribution in [3.8, 4) is 0 Å². The number of nitrogens with one attached hydrogen (secondary N) is 1. The van der Waals surface area contributed by atoms with Crippen molar-refractivity contribution < 1.29 is 9.59 Å². The maximum Gasteiger partial charge on any atom is 0.241 e. The Kier molecular flexibility index (Phi) is 3.85. The third kappa shape index (κ3) is 2.70. The summed E-state index contributed by atoms with van der Waals surface area (Å²) in [6, 6.07) is 7.95. The van der Waals surface area contributed by atoms with Crippen molar-refractivity contribution in [3.05, 3.63) is 35.4 Å². The van der Waals surface area contributed by atoms with Gasteiger partial charge in [-0.05, 0) is 19.4 Å². The molecule has 0 radical (unpaired) electrons. The minimum atomic E-state index is -0.642. The van der Waals surface area contributed by atoms with E-state index in [-0.39, 0.29) is 11.8 Å². The van der Waals surface area contributed by atoms with Crippen molar-refractivity contribution >= 4 is 28.7 Å². The van der Waals surface area contributed by atoms with Gasteiger partial charge in [0.1, 0.15) is 4.87 Å². The van der Waals surface area contributed by atoms with Crippen molar-refractivity contribution in [3.63, 3.8) is 0 Å². The molecule has 1 atom stereocenters. The molecular weight excluding hydrogens is 274 g/mol. The number of nitrogens with zero attached hydrogens (tertiary/aromatic N) is 2. The summed E-state index contributed by atoms with van der Waals surface area (Å²) >= 11 is 1.36. The molecule has 2 amide bonds. The highest BCUT2D eigenvalue weighted by molar-refractivity contribution is 8.14. The number of carbonyl (C=O) groups excluding carboxylic acids is 2. The highest BCUT2D eigenvalue weighted by Gasteiger charge is 2.43. The fourth-order valence-corrected chi connectivity index (χ4v) is 3.26. The minimum Gasteiger partial charge on any atom is -0.304 e. The van der Waals surface area contributed by atoms with Gasteiger partial charge in [0.15, 0.2) is 5.17 Å². The van der Waals surface area contributed by atoms with Gasteiger partial charge in [-0.3, -0.25) is 9.59 Å². The van der Waals surface area contributed by atoms with Crippen LogP contribution >= 0.6 is 11.8 Å². The van der Waals surface area contributed by atoms with E-state index in [1.165, 1.54) is 30.6 Å². The van der Waals surface area contributed by atoms with Gasteiger partial charge in [-0.25, -0.2) is 5.01 Å². The summed E-state index contributed by atoms with van der Waals surface area (Å²) in [5, 5.41) is 8.71. The lowest BCUT2D eigenvalue weighted by Gasteiger charge is -2.31. The lowest BCUT2D eigenvalue weighted by molar-refractivity contribution is -0.131. The second-order valence-electron chi connectivity index (χ2n) is 4.87. The van der Waals surface area contributed by atoms with Gasteiger partial charge in [0.05, 0.1) is 0 Å². The fourth-order valence-electron chi connectivity index (χ4n) is 2.05. The lowest BCUT2D eigenvalue weighted by Crippen LogP contribution is -2.37. The molecule has 1 aliphatic heterocycles. The van der Waals surface area contributed by atoms with E-state index in [1.807, 2.05) is 38.1 Å². The molecule has 0 saturated carbocycles. The number of benzene rings is 1. The fraction of sp³-hybridized carbons (Fsp3) is 0.357. The number of thioether (sulfide) groups is 1. The zero-order valence-electron chi connectivity index (χ0n) is 11.9. The van der Waals surface area contributed by atoms with Gasteiger partial charge in [-0.1, -0.05) is 41.6 Å². The van der Waals surface area contributed by atoms with Crippen molar-refractivity contribution in [2.24, 2.45) is 5.10 Å². The van der Waals surface area contributed by atoms with Crippen LogP contribution in [0.3, 0.4) is 0 Å². The second kappa shape index (κ2) is 5.28. The summed E-state index contributed by atoms with van der Waals surface area (Å²) in [6.45, 7) is 6.81. The molecule has 0 aromatic heterocycles. The predicted molar refractivity (Wildman–Crippen MR) is 79.9 cm³/mol. The van der Waals surface area contributed by atoms with Crippen molar-refractivity contribution in [2.75, 3.05) is 0 Å². The van der Waals surface area contributed by atoms with Gasteiger partial charge in [0, 0.05) is 13.8 Å². The van der Waals surface area contributed by atoms with E-state index in [9.17, 15) is 9.59 Å². The first-order chi connectivity index (χ1) is 9.33. The van der Waals surface area contributed by atoms with Crippen LogP contribution < -0.4 is 5.32 Å². The maximum absolute atomic E-state index is 11.8. The minimum absolute atomic E-state index is 0.166. The first-order valence-electron chi connectivity index (χ1n) is 6.26. The molecule has 20 heavy (non-hydrogen) atoms. The first kappa shape index (κ1) is 14.6. The molecule has 0 aliphatic carbocycles. The Labute approximate surface area is 122 Å². The average Bonchev–Trinajstić information content (AvgIpc) is 2.67. The number of rotatable bonds is 1. The van der Waals surface area contributed by atoms with Crippen LogP contribution in [-0.4, -0.2) is 22.0 Å². The van der Waals surface area contributed by atoms with Crippen molar-refractivity contribution in [2.45, 2.75) is 32.6 Å². The molecule has 0 spiro atoms. The van der Waals surface area contributed by atoms with E-state index < -0.39 is 4.87 Å². The van der Waals surface area contributed by atoms with Crippen LogP contribution in [0.1, 0.15) is 31.9 Å². The smallest absolute Gasteiger partial charge is 0.241 e. The first-order valence-corrected chi connectivity index (χ1v) is 7.08. The molecule has 1 aromatic rings. The summed E-state index contributed by atoms with van der Waals surface area (Å²) < 4.78 is 0. The van der Waals surface area contributed by atoms with E-state index >= 15 is 0 Å². The van der Waals surface area contributed by atoms with Crippen LogP contribution in [0.2, 0.25) is 0 Å². The Bertz CT molecular complexity index is 583. The van der Waals surface area contributed by atoms with Crippen LogP contribution in [0.5, 0.6) is 0 Å². The summed E-state index contributed by atoms with van der Waals surface area (Å²) in [6.07, 6.45) is 0. The van der Waals surface area contributed by atoms with Crippen LogP contribution in [-0.2, 0) is 14.5 Å². The predicted octanol–water partition coefficient (Wildman–Crippen LogP) is 2.17. The molecule has 0 unspecified atom stereocenters. The van der Waals surface area contributed by atoms with E-state index in [0.29, 0.717) is 5.17 Å². The van der Waals surface area contributed by atoms with Crippen LogP contribution in [0.25, 0.3) is 0 Å². The highest BCUT2D eigenvalue weighted by Crippen LogP contribution is 2.44. The van der Waals surface area contributed by atoms with Gasteiger partial charge in [0.2, 0.25) is 11.8 Å². The monoisotopic (exact) mass is 291 g/mol. The molecule has 0 saturated heterocycles. The van der Waals surface area contributed by atoms with Crippen LogP contribution in [0.4, 0.5) is 0 Å². The molecule has 0 bridgehead atoms. The summed E-state index contributed by atoms with van der Waals surface area (Å²) in [5.41, 5.74) is 2.12. The number of carbonyl (C=O) groups is 2. The number of amides is 2. The summed E-state index contributed by atoms with van der Waals surface area (Å²) in [7, 11) is 0. The highest BCUT2D eigenvalue weighted by atomic mass is 32.2. The molecule has 1 aromatic carbocycles. The molecular formula is C14H17N3O2S. The number of aryl methyl sites for hydroxylation is 1. The van der Waals surface area contributed by atoms with Crippen molar-refractivity contribution in [1.82, 2.24) is 10.3 Å². The molecule has 1 aliphatic rings. The van der Waals surface area contributed by atoms with Gasteiger partial charge in [0.25, 0.3) is 0 Å². The molecule has 2 rings (SSSR count). The Morgan fingerprint density at radius 1 is 1.25 bits per heavy atom. The summed E-state index contributed by atoms with van der Waals surface area (Å²) in [5.74, 6) is -0.367. The summed E-state index contributed by atoms with van der Waals surface area (Å²) in [4.78, 5) is 22.3. The zero-order chi connectivity index (χ0) is 14.9. The largest absolute Gasteiger partial charge is 0.304 e. The van der Waals surface area contributed by atoms with Gasteiger partial charge < -0.3 is 5.32 Å². The van der Waals surface area contributed by atoms with E-state index in [0.717, 1.165) is 11.1 Å². The van der Waals surface area contributed by atoms with Gasteiger partial charge in [-0.2, -0.15) is 0 Å². The third-order valence-corrected chi connectivity index (χ3v) is 4.24. The molecule has 0 fully saturated rings. The van der Waals surface area contributed by atoms with Crippen LogP contribution in [0.15, 0.2) is 29.4 Å². The Morgan fingerprint density at radius 3 is 2.35 bits per heavy atom. The number of hydrogen-bond donors (Lipinski definition) is 1. The topological polar surface area (TPSA) is 61.8 Å². The standard InChI is InChI=1S/C14H17N3O2S/c1-9-5-7-12(8-6-9)14(4)17(11(3)19)16-13(20-14)15-10(2)18/h5-8H,1-4H3,(H,15,16,18)/t14-/m1/s1. The van der Waals surface area contributed by atoms with Crippen LogP contribution in [0, 0.1) is 6.92 Å². The Morgan fingerprint density at radius 2 is 1.85 bits per heavy atom. The van der Waals surface area contributed by atoms with Gasteiger partial charge >= 0.3 is 0 Å². The van der Waals surface area contributed by atoms with E-state index in [1.54, 1.807) is 0 Å². The number of hydrogen-bond acceptors (Lipinski definition) is 4. The number of amidine groups is 1. The second-order valence-corrected chi connectivity index (χ2v) is 6.25. The van der Waals surface area contributed by atoms with Crippen molar-refractivity contribution in [1.29, 1.82) is 0 Å². The third-order valence-electron chi connectivity index (χ3n) is 3.06. The normalized spacial score (nSPS) is 21.6. The average molecular weight is 291 g/mol. The molecule has 1 heterocycles. The Hall–Kier alpha value is -1.82. The molecule has 5 nitrogen and oxygen atoms in total. The van der Waals surface area contributed by atoms with E-state index in [4.69, 9.17) is 0 Å². The molecule has 1 N–H and O–H groups in total.